The number of allylic oxidation sites excluding steroid dienone is 5. The Morgan fingerprint density at radius 2 is 1.68 bits per heavy atom. The Bertz CT molecular complexity index is 429. The molecule has 0 amide bonds. The molecule has 0 aromatic rings. The van der Waals surface area contributed by atoms with Crippen molar-refractivity contribution in [2.45, 2.75) is 83.3 Å². The van der Waals surface area contributed by atoms with E-state index in [1.54, 1.807) is 12.4 Å². The van der Waals surface area contributed by atoms with Gasteiger partial charge in [0, 0.05) is 17.8 Å². The minimum absolute atomic E-state index is 0.199. The molecule has 0 saturated heterocycles. The van der Waals surface area contributed by atoms with Crippen molar-refractivity contribution < 1.29 is 14.8 Å². The fourth-order valence-electron chi connectivity index (χ4n) is 2.37. The van der Waals surface area contributed by atoms with Crippen molar-refractivity contribution in [2.24, 2.45) is 0 Å². The van der Waals surface area contributed by atoms with Crippen LogP contribution in [0.1, 0.15) is 71.1 Å². The predicted octanol–water partition coefficient (Wildman–Crippen LogP) is 4.69. The maximum absolute atomic E-state index is 11.0. The summed E-state index contributed by atoms with van der Waals surface area (Å²) in [6.45, 7) is 2.20. The molecule has 5 nitrogen and oxygen atoms in total. The molecule has 0 aromatic carbocycles. The summed E-state index contributed by atoms with van der Waals surface area (Å²) in [5.74, 6) is 0. The van der Waals surface area contributed by atoms with Gasteiger partial charge in [0.25, 0.3) is 0 Å². The fourth-order valence-corrected chi connectivity index (χ4v) is 2.37. The molecule has 0 spiro atoms. The number of rotatable bonds is 16. The van der Waals surface area contributed by atoms with Gasteiger partial charge in [-0.2, -0.15) is 0 Å². The van der Waals surface area contributed by atoms with Gasteiger partial charge in [0.2, 0.25) is 6.04 Å². The largest absolute Gasteiger partial charge is 0.386 e. The first-order valence-electron chi connectivity index (χ1n) is 9.25. The van der Waals surface area contributed by atoms with E-state index in [0.29, 0.717) is 6.42 Å². The number of carbonyl (C=O) groups excluding carboxylic acids is 1. The van der Waals surface area contributed by atoms with Crippen LogP contribution in [0.4, 0.5) is 0 Å². The van der Waals surface area contributed by atoms with Gasteiger partial charge in [-0.05, 0) is 38.5 Å². The average molecular weight is 350 g/mol. The van der Waals surface area contributed by atoms with E-state index in [4.69, 9.17) is 0 Å². The highest BCUT2D eigenvalue weighted by molar-refractivity contribution is 5.50. The summed E-state index contributed by atoms with van der Waals surface area (Å²) < 4.78 is 0. The number of hydrogen-bond donors (Lipinski definition) is 1. The summed E-state index contributed by atoms with van der Waals surface area (Å²) in [5.41, 5.74) is 0. The molecule has 0 saturated carbocycles. The highest BCUT2D eigenvalue weighted by atomic mass is 16.6. The summed E-state index contributed by atoms with van der Waals surface area (Å²) in [5, 5.41) is 20.9. The summed E-state index contributed by atoms with van der Waals surface area (Å²) in [7, 11) is 0. The van der Waals surface area contributed by atoms with E-state index in [-0.39, 0.29) is 19.3 Å². The lowest BCUT2D eigenvalue weighted by molar-refractivity contribution is -0.533. The summed E-state index contributed by atoms with van der Waals surface area (Å²) in [6.07, 6.45) is 20.4. The molecule has 5 heteroatoms. The highest BCUT2D eigenvalue weighted by Crippen LogP contribution is 2.11. The van der Waals surface area contributed by atoms with E-state index in [9.17, 15) is 20.0 Å². The normalized spacial score (nSPS) is 14.5. The molecule has 25 heavy (non-hydrogen) atoms. The first-order chi connectivity index (χ1) is 12.1. The smallest absolute Gasteiger partial charge is 0.241 e. The third-order valence-corrected chi connectivity index (χ3v) is 3.89. The highest BCUT2D eigenvalue weighted by Gasteiger charge is 2.27. The van der Waals surface area contributed by atoms with Gasteiger partial charge in [0.15, 0.2) is 6.29 Å². The average Bonchev–Trinajstić information content (AvgIpc) is 2.58. The van der Waals surface area contributed by atoms with Crippen LogP contribution in [0.15, 0.2) is 36.5 Å². The number of nitrogens with zero attached hydrogens (tertiary/aromatic N) is 1. The SMILES string of the molecule is CCCCC/C=C\C/C=C\C/C=C\CC(C(O)CCC[C]=O)[N+](=O)[O-]. The Morgan fingerprint density at radius 3 is 2.28 bits per heavy atom. The summed E-state index contributed by atoms with van der Waals surface area (Å²) in [6, 6.07) is -1.02. The molecule has 0 aliphatic carbocycles. The van der Waals surface area contributed by atoms with Crippen molar-refractivity contribution >= 4 is 6.29 Å². The van der Waals surface area contributed by atoms with Crippen molar-refractivity contribution in [2.75, 3.05) is 0 Å². The second kappa shape index (κ2) is 17.1. The van der Waals surface area contributed by atoms with Crippen LogP contribution in [0.3, 0.4) is 0 Å². The van der Waals surface area contributed by atoms with Crippen LogP contribution in [-0.4, -0.2) is 28.5 Å². The number of nitro groups is 1. The molecular weight excluding hydrogens is 318 g/mol. The van der Waals surface area contributed by atoms with E-state index in [1.165, 1.54) is 19.3 Å². The Labute approximate surface area is 151 Å². The standard InChI is InChI=1S/C20H32NO4/c1-2-3-4-5-6-7-8-9-10-11-12-13-16-19(21(24)25)20(23)17-14-15-18-22/h6-7,9-10,12-13,19-20,23H,2-5,8,11,14-17H2,1H3/b7-6-,10-9-,13-12-. The first kappa shape index (κ1) is 23.2. The minimum Gasteiger partial charge on any atom is -0.386 e. The maximum Gasteiger partial charge on any atom is 0.241 e. The topological polar surface area (TPSA) is 80.4 Å². The van der Waals surface area contributed by atoms with Gasteiger partial charge in [-0.15, -0.1) is 0 Å². The molecule has 2 unspecified atom stereocenters. The molecule has 141 valence electrons. The minimum atomic E-state index is -1.03. The van der Waals surface area contributed by atoms with Crippen molar-refractivity contribution in [3.05, 3.63) is 46.6 Å². The third kappa shape index (κ3) is 14.3. The molecule has 0 fully saturated rings. The Balaban J connectivity index is 3.95. The molecule has 0 aliphatic heterocycles. The molecule has 0 aromatic heterocycles. The Kier molecular flexibility index (Phi) is 15.9. The quantitative estimate of drug-likeness (QED) is 0.189. The van der Waals surface area contributed by atoms with E-state index < -0.39 is 17.1 Å². The molecule has 0 rings (SSSR count). The molecule has 0 heterocycles. The van der Waals surface area contributed by atoms with Gasteiger partial charge in [-0.3, -0.25) is 14.9 Å². The second-order valence-electron chi connectivity index (χ2n) is 6.07. The van der Waals surface area contributed by atoms with Gasteiger partial charge in [0.05, 0.1) is 0 Å². The zero-order valence-corrected chi connectivity index (χ0v) is 15.3. The molecular formula is C20H32NO4. The van der Waals surface area contributed by atoms with E-state index in [0.717, 1.165) is 19.3 Å². The van der Waals surface area contributed by atoms with Crippen LogP contribution >= 0.6 is 0 Å². The van der Waals surface area contributed by atoms with Gasteiger partial charge in [-0.25, -0.2) is 0 Å². The van der Waals surface area contributed by atoms with Gasteiger partial charge < -0.3 is 5.11 Å². The zero-order chi connectivity index (χ0) is 18.8. The predicted molar refractivity (Wildman–Crippen MR) is 102 cm³/mol. The van der Waals surface area contributed by atoms with Gasteiger partial charge in [-0.1, -0.05) is 56.2 Å². The Morgan fingerprint density at radius 1 is 1.04 bits per heavy atom. The molecule has 0 bridgehead atoms. The molecule has 1 radical (unpaired) electrons. The lowest BCUT2D eigenvalue weighted by Crippen LogP contribution is -2.33. The number of hydrogen-bond acceptors (Lipinski definition) is 4. The van der Waals surface area contributed by atoms with Crippen LogP contribution in [0.2, 0.25) is 0 Å². The van der Waals surface area contributed by atoms with Crippen LogP contribution < -0.4 is 0 Å². The number of unbranched alkanes of at least 4 members (excludes halogenated alkanes) is 4. The van der Waals surface area contributed by atoms with E-state index >= 15 is 0 Å². The van der Waals surface area contributed by atoms with Crippen molar-refractivity contribution in [3.63, 3.8) is 0 Å². The fraction of sp³-hybridized carbons (Fsp3) is 0.650. The zero-order valence-electron chi connectivity index (χ0n) is 15.3. The third-order valence-electron chi connectivity index (χ3n) is 3.89. The molecule has 2 atom stereocenters. The van der Waals surface area contributed by atoms with Gasteiger partial charge in [0.1, 0.15) is 6.10 Å². The summed E-state index contributed by atoms with van der Waals surface area (Å²) >= 11 is 0. The van der Waals surface area contributed by atoms with Crippen molar-refractivity contribution in [1.82, 2.24) is 0 Å². The number of aliphatic hydroxyl groups excluding tert-OH is 1. The Hall–Kier alpha value is -1.75. The lowest BCUT2D eigenvalue weighted by atomic mass is 10.0. The van der Waals surface area contributed by atoms with E-state index in [1.807, 2.05) is 12.2 Å². The maximum atomic E-state index is 11.0. The first-order valence-corrected chi connectivity index (χ1v) is 9.25. The molecule has 1 N–H and O–H groups in total. The number of aliphatic hydroxyl groups is 1. The van der Waals surface area contributed by atoms with Gasteiger partial charge >= 0.3 is 0 Å². The van der Waals surface area contributed by atoms with E-state index in [2.05, 4.69) is 25.2 Å². The van der Waals surface area contributed by atoms with Crippen LogP contribution in [0.25, 0.3) is 0 Å². The van der Waals surface area contributed by atoms with Crippen molar-refractivity contribution in [3.8, 4) is 0 Å². The second-order valence-corrected chi connectivity index (χ2v) is 6.07. The van der Waals surface area contributed by atoms with Crippen LogP contribution in [-0.2, 0) is 4.79 Å². The van der Waals surface area contributed by atoms with Crippen LogP contribution in [0, 0.1) is 10.1 Å². The summed E-state index contributed by atoms with van der Waals surface area (Å²) in [4.78, 5) is 20.7. The van der Waals surface area contributed by atoms with Crippen LogP contribution in [0.5, 0.6) is 0 Å². The lowest BCUT2D eigenvalue weighted by Gasteiger charge is -2.13. The monoisotopic (exact) mass is 350 g/mol. The van der Waals surface area contributed by atoms with Crippen molar-refractivity contribution in [1.29, 1.82) is 0 Å². The molecule has 0 aliphatic rings.